The molecule has 4 atom stereocenters. The van der Waals surface area contributed by atoms with Gasteiger partial charge in [-0.05, 0) is 67.7 Å². The third kappa shape index (κ3) is 4.45. The van der Waals surface area contributed by atoms with Crippen molar-refractivity contribution < 1.29 is 18.3 Å². The van der Waals surface area contributed by atoms with Crippen molar-refractivity contribution in [3.05, 3.63) is 64.7 Å². The second-order valence-electron chi connectivity index (χ2n) is 11.2. The number of hydrogen-bond acceptors (Lipinski definition) is 3. The highest BCUT2D eigenvalue weighted by atomic mass is 19.1. The van der Waals surface area contributed by atoms with Crippen LogP contribution in [0.15, 0.2) is 36.4 Å². The molecule has 200 valence electrons. The van der Waals surface area contributed by atoms with Crippen molar-refractivity contribution in [2.24, 2.45) is 11.8 Å². The fourth-order valence-electron chi connectivity index (χ4n) is 7.73. The molecule has 0 radical (unpaired) electrons. The number of amides is 1. The number of halogens is 2. The molecule has 0 saturated carbocycles. The second-order valence-corrected chi connectivity index (χ2v) is 11.2. The number of piperidine rings is 1. The minimum absolute atomic E-state index is 0.0525. The number of nitrogens with zero attached hydrogens (tertiary/aromatic N) is 1. The first kappa shape index (κ1) is 26.1. The van der Waals surface area contributed by atoms with Gasteiger partial charge in [-0.25, -0.2) is 8.78 Å². The summed E-state index contributed by atoms with van der Waals surface area (Å²) in [6, 6.07) is 10.3. The zero-order valence-corrected chi connectivity index (χ0v) is 22.4. The van der Waals surface area contributed by atoms with E-state index < -0.39 is 5.41 Å². The third-order valence-electron chi connectivity index (χ3n) is 9.61. The summed E-state index contributed by atoms with van der Waals surface area (Å²) in [6.07, 6.45) is 5.91. The van der Waals surface area contributed by atoms with Gasteiger partial charge in [-0.15, -0.1) is 0 Å². The standard InChI is InChI=1S/C31H40F2N2O2/c1-4-20(5-2)27-17-21(22-9-6-7-11-25(22)32)14-16-35(27)30(36)24-18-34-19-31(24)15-8-10-23-28(37-3)13-12-26(33)29(23)31/h6-7,9,11-13,20-21,24,27,34H,4-5,8,10,14-19H2,1-3H3. The Kier molecular flexibility index (Phi) is 7.58. The van der Waals surface area contributed by atoms with E-state index in [-0.39, 0.29) is 35.4 Å². The number of fused-ring (bicyclic) bond motifs is 2. The van der Waals surface area contributed by atoms with E-state index in [9.17, 15) is 9.18 Å². The van der Waals surface area contributed by atoms with Gasteiger partial charge in [0.1, 0.15) is 17.4 Å². The van der Waals surface area contributed by atoms with Crippen LogP contribution >= 0.6 is 0 Å². The molecular formula is C31H40F2N2O2. The Hall–Kier alpha value is -2.47. The SMILES string of the molecule is CCC(CC)C1CC(c2ccccc2F)CCN1C(=O)C1CNCC12CCCc1c(OC)ccc(F)c12. The average molecular weight is 511 g/mol. The van der Waals surface area contributed by atoms with Gasteiger partial charge in [0.25, 0.3) is 0 Å². The summed E-state index contributed by atoms with van der Waals surface area (Å²) in [4.78, 5) is 16.6. The lowest BCUT2D eigenvalue weighted by atomic mass is 9.63. The first-order chi connectivity index (χ1) is 17.9. The molecule has 6 heteroatoms. The zero-order chi connectivity index (χ0) is 26.2. The normalized spacial score (nSPS) is 27.5. The van der Waals surface area contributed by atoms with Crippen LogP contribution in [0.1, 0.15) is 75.0 Å². The summed E-state index contributed by atoms with van der Waals surface area (Å²) in [5.74, 6) is 0.584. The van der Waals surface area contributed by atoms with Crippen LogP contribution in [0.3, 0.4) is 0 Å². The second kappa shape index (κ2) is 10.7. The van der Waals surface area contributed by atoms with Crippen LogP contribution in [-0.2, 0) is 16.6 Å². The average Bonchev–Trinajstić information content (AvgIpc) is 3.33. The summed E-state index contributed by atoms with van der Waals surface area (Å²) in [5, 5.41) is 3.47. The van der Waals surface area contributed by atoms with Gasteiger partial charge in [-0.2, -0.15) is 0 Å². The van der Waals surface area contributed by atoms with Gasteiger partial charge in [0.05, 0.1) is 13.0 Å². The number of ether oxygens (including phenoxy) is 1. The number of nitrogens with one attached hydrogen (secondary N) is 1. The number of carbonyl (C=O) groups is 1. The van der Waals surface area contributed by atoms with E-state index >= 15 is 4.39 Å². The lowest BCUT2D eigenvalue weighted by molar-refractivity contribution is -0.142. The summed E-state index contributed by atoms with van der Waals surface area (Å²) in [7, 11) is 1.63. The van der Waals surface area contributed by atoms with E-state index in [1.807, 2.05) is 12.1 Å². The predicted molar refractivity (Wildman–Crippen MR) is 142 cm³/mol. The molecule has 4 unspecified atom stereocenters. The summed E-state index contributed by atoms with van der Waals surface area (Å²) < 4.78 is 35.8. The monoisotopic (exact) mass is 510 g/mol. The highest BCUT2D eigenvalue weighted by Crippen LogP contribution is 2.50. The first-order valence-electron chi connectivity index (χ1n) is 14.1. The van der Waals surface area contributed by atoms with E-state index in [0.717, 1.165) is 56.1 Å². The fraction of sp³-hybridized carbons (Fsp3) is 0.581. The van der Waals surface area contributed by atoms with Gasteiger partial charge >= 0.3 is 0 Å². The maximum atomic E-state index is 15.5. The summed E-state index contributed by atoms with van der Waals surface area (Å²) in [5.41, 5.74) is 1.80. The van der Waals surface area contributed by atoms with Crippen molar-refractivity contribution in [1.82, 2.24) is 10.2 Å². The molecule has 2 aromatic rings. The largest absolute Gasteiger partial charge is 0.496 e. The zero-order valence-electron chi connectivity index (χ0n) is 22.4. The minimum atomic E-state index is -0.565. The Morgan fingerprint density at radius 1 is 1.16 bits per heavy atom. The lowest BCUT2D eigenvalue weighted by Gasteiger charge is -2.47. The van der Waals surface area contributed by atoms with Crippen LogP contribution in [0.4, 0.5) is 8.78 Å². The maximum absolute atomic E-state index is 15.5. The number of rotatable bonds is 6. The van der Waals surface area contributed by atoms with Gasteiger partial charge in [-0.3, -0.25) is 4.79 Å². The van der Waals surface area contributed by atoms with E-state index in [2.05, 4.69) is 24.1 Å². The Morgan fingerprint density at radius 3 is 2.68 bits per heavy atom. The molecule has 1 N–H and O–H groups in total. The molecule has 2 fully saturated rings. The Labute approximate surface area is 219 Å². The van der Waals surface area contributed by atoms with Crippen LogP contribution in [0.25, 0.3) is 0 Å². The Bertz CT molecular complexity index is 1130. The molecule has 0 aromatic heterocycles. The highest BCUT2D eigenvalue weighted by Gasteiger charge is 2.54. The molecule has 2 aliphatic heterocycles. The van der Waals surface area contributed by atoms with E-state index in [4.69, 9.17) is 4.74 Å². The number of likely N-dealkylation sites (tertiary alicyclic amines) is 1. The molecule has 2 saturated heterocycles. The molecule has 3 aliphatic rings. The van der Waals surface area contributed by atoms with E-state index in [1.165, 1.54) is 12.1 Å². The molecule has 2 heterocycles. The number of carbonyl (C=O) groups excluding carboxylic acids is 1. The van der Waals surface area contributed by atoms with Crippen molar-refractivity contribution in [3.8, 4) is 5.75 Å². The van der Waals surface area contributed by atoms with Crippen LogP contribution in [-0.4, -0.2) is 43.6 Å². The van der Waals surface area contributed by atoms with Crippen LogP contribution in [0.5, 0.6) is 5.75 Å². The molecule has 4 nitrogen and oxygen atoms in total. The summed E-state index contributed by atoms with van der Waals surface area (Å²) >= 11 is 0. The van der Waals surface area contributed by atoms with Crippen molar-refractivity contribution in [2.75, 3.05) is 26.7 Å². The minimum Gasteiger partial charge on any atom is -0.496 e. The molecule has 37 heavy (non-hydrogen) atoms. The third-order valence-corrected chi connectivity index (χ3v) is 9.61. The van der Waals surface area contributed by atoms with Crippen LogP contribution in [0, 0.1) is 23.5 Å². The Morgan fingerprint density at radius 2 is 1.95 bits per heavy atom. The fourth-order valence-corrected chi connectivity index (χ4v) is 7.73. The molecular weight excluding hydrogens is 470 g/mol. The van der Waals surface area contributed by atoms with Gasteiger partial charge in [-0.1, -0.05) is 44.9 Å². The molecule has 1 amide bonds. The van der Waals surface area contributed by atoms with Gasteiger partial charge in [0, 0.05) is 42.2 Å². The number of hydrogen-bond donors (Lipinski definition) is 1. The molecule has 5 rings (SSSR count). The van der Waals surface area contributed by atoms with Crippen LogP contribution < -0.4 is 10.1 Å². The Balaban J connectivity index is 1.49. The molecule has 0 bridgehead atoms. The number of benzene rings is 2. The molecule has 1 aliphatic carbocycles. The predicted octanol–water partition coefficient (Wildman–Crippen LogP) is 5.98. The lowest BCUT2D eigenvalue weighted by Crippen LogP contribution is -2.55. The van der Waals surface area contributed by atoms with E-state index in [1.54, 1.807) is 19.2 Å². The van der Waals surface area contributed by atoms with Crippen molar-refractivity contribution in [2.45, 2.75) is 76.2 Å². The summed E-state index contributed by atoms with van der Waals surface area (Å²) in [6.45, 7) is 6.13. The smallest absolute Gasteiger partial charge is 0.228 e. The molecule has 2 aromatic carbocycles. The van der Waals surface area contributed by atoms with Crippen molar-refractivity contribution in [1.29, 1.82) is 0 Å². The van der Waals surface area contributed by atoms with Gasteiger partial charge < -0.3 is 15.0 Å². The maximum Gasteiger partial charge on any atom is 0.228 e. The highest BCUT2D eigenvalue weighted by molar-refractivity contribution is 5.82. The van der Waals surface area contributed by atoms with E-state index in [0.29, 0.717) is 36.9 Å². The van der Waals surface area contributed by atoms with Gasteiger partial charge in [0.15, 0.2) is 0 Å². The van der Waals surface area contributed by atoms with Crippen molar-refractivity contribution in [3.63, 3.8) is 0 Å². The number of methoxy groups -OCH3 is 1. The topological polar surface area (TPSA) is 41.6 Å². The van der Waals surface area contributed by atoms with Crippen LogP contribution in [0.2, 0.25) is 0 Å². The quantitative estimate of drug-likeness (QED) is 0.520. The van der Waals surface area contributed by atoms with Gasteiger partial charge in [0.2, 0.25) is 5.91 Å². The first-order valence-corrected chi connectivity index (χ1v) is 14.1. The molecule has 1 spiro atoms. The van der Waals surface area contributed by atoms with Crippen molar-refractivity contribution >= 4 is 5.91 Å².